The summed E-state index contributed by atoms with van der Waals surface area (Å²) < 4.78 is 0. The summed E-state index contributed by atoms with van der Waals surface area (Å²) in [6.45, 7) is 7.38. The molecule has 0 aromatic heterocycles. The molecule has 4 heteroatoms. The minimum atomic E-state index is -0.585. The van der Waals surface area contributed by atoms with Crippen LogP contribution in [0.3, 0.4) is 0 Å². The first-order valence-electron chi connectivity index (χ1n) is 4.08. The molecule has 4 nitrogen and oxygen atoms in total. The Balaban J connectivity index is 3.05. The molecular formula is C8H16N2O2. The second kappa shape index (κ2) is 2.44. The Morgan fingerprint density at radius 2 is 1.92 bits per heavy atom. The molecule has 1 aliphatic rings. The molecule has 0 bridgehead atoms. The molecule has 1 atom stereocenters. The number of hydrogen-bond acceptors (Lipinski definition) is 3. The van der Waals surface area contributed by atoms with E-state index < -0.39 is 5.54 Å². The number of rotatable bonds is 0. The summed E-state index contributed by atoms with van der Waals surface area (Å²) in [4.78, 5) is 0. The predicted octanol–water partition coefficient (Wildman–Crippen LogP) is 0.160. The second-order valence-electron chi connectivity index (χ2n) is 4.56. The number of hydroxylamine groups is 2. The van der Waals surface area contributed by atoms with Crippen molar-refractivity contribution in [2.45, 2.75) is 45.2 Å². The Bertz CT molecular complexity index is 221. The van der Waals surface area contributed by atoms with Crippen LogP contribution in [-0.2, 0) is 0 Å². The van der Waals surface area contributed by atoms with E-state index in [4.69, 9.17) is 5.21 Å². The van der Waals surface area contributed by atoms with E-state index in [0.717, 1.165) is 0 Å². The smallest absolute Gasteiger partial charge is 0.134 e. The van der Waals surface area contributed by atoms with Gasteiger partial charge in [-0.2, -0.15) is 0 Å². The van der Waals surface area contributed by atoms with Gasteiger partial charge in [0.2, 0.25) is 0 Å². The molecule has 1 heterocycles. The minimum Gasteiger partial charge on any atom is -0.633 e. The second-order valence-corrected chi connectivity index (χ2v) is 4.56. The molecule has 12 heavy (non-hydrogen) atoms. The van der Waals surface area contributed by atoms with Gasteiger partial charge in [-0.15, -0.1) is 0 Å². The van der Waals surface area contributed by atoms with Gasteiger partial charge in [-0.05, 0) is 27.7 Å². The Kier molecular flexibility index (Phi) is 1.92. The summed E-state index contributed by atoms with van der Waals surface area (Å²) in [7, 11) is 0. The van der Waals surface area contributed by atoms with Crippen molar-refractivity contribution >= 4 is 5.71 Å². The highest BCUT2D eigenvalue weighted by Crippen LogP contribution is 2.21. The highest BCUT2D eigenvalue weighted by molar-refractivity contribution is 5.93. The standard InChI is InChI=1S/C8H16N2O2/c1-7(2)5-6(9-11)8(3,4)10(7)12/h10-11H,5H2,1-4H3. The van der Waals surface area contributed by atoms with Crippen LogP contribution in [-0.4, -0.2) is 22.0 Å². The third-order valence-electron chi connectivity index (χ3n) is 2.63. The van der Waals surface area contributed by atoms with Crippen LogP contribution in [0.25, 0.3) is 0 Å². The monoisotopic (exact) mass is 172 g/mol. The van der Waals surface area contributed by atoms with Crippen molar-refractivity contribution in [3.8, 4) is 0 Å². The van der Waals surface area contributed by atoms with Crippen molar-refractivity contribution in [1.82, 2.24) is 0 Å². The van der Waals surface area contributed by atoms with Crippen LogP contribution < -0.4 is 5.06 Å². The first-order valence-corrected chi connectivity index (χ1v) is 4.08. The van der Waals surface area contributed by atoms with Gasteiger partial charge in [0.1, 0.15) is 11.3 Å². The fourth-order valence-corrected chi connectivity index (χ4v) is 1.86. The summed E-state index contributed by atoms with van der Waals surface area (Å²) in [6.07, 6.45) is 0.565. The third-order valence-corrected chi connectivity index (χ3v) is 2.63. The first-order chi connectivity index (χ1) is 5.32. The van der Waals surface area contributed by atoms with Crippen LogP contribution in [0.2, 0.25) is 0 Å². The number of oxime groups is 1. The molecule has 1 saturated heterocycles. The van der Waals surface area contributed by atoms with E-state index in [1.165, 1.54) is 0 Å². The zero-order chi connectivity index (χ0) is 9.57. The molecule has 1 unspecified atom stereocenters. The topological polar surface area (TPSA) is 60.1 Å². The van der Waals surface area contributed by atoms with E-state index in [1.807, 2.05) is 13.8 Å². The van der Waals surface area contributed by atoms with E-state index in [0.29, 0.717) is 12.1 Å². The van der Waals surface area contributed by atoms with Gasteiger partial charge in [0, 0.05) is 0 Å². The lowest BCUT2D eigenvalue weighted by atomic mass is 9.98. The van der Waals surface area contributed by atoms with Crippen molar-refractivity contribution in [1.29, 1.82) is 0 Å². The fourth-order valence-electron chi connectivity index (χ4n) is 1.86. The Labute approximate surface area is 72.4 Å². The average Bonchev–Trinajstić information content (AvgIpc) is 2.11. The zero-order valence-electron chi connectivity index (χ0n) is 8.01. The molecule has 2 N–H and O–H groups in total. The summed E-state index contributed by atoms with van der Waals surface area (Å²) >= 11 is 0. The van der Waals surface area contributed by atoms with Crippen molar-refractivity contribution in [3.05, 3.63) is 5.21 Å². The molecule has 0 aliphatic carbocycles. The average molecular weight is 172 g/mol. The van der Waals surface area contributed by atoms with E-state index in [1.54, 1.807) is 13.8 Å². The van der Waals surface area contributed by atoms with E-state index in [2.05, 4.69) is 5.16 Å². The molecule has 0 aromatic rings. The number of nitrogens with zero attached hydrogens (tertiary/aromatic N) is 1. The number of nitrogens with one attached hydrogen (secondary N) is 1. The molecule has 1 aliphatic heterocycles. The van der Waals surface area contributed by atoms with Crippen molar-refractivity contribution < 1.29 is 10.3 Å². The van der Waals surface area contributed by atoms with Crippen LogP contribution in [0.4, 0.5) is 0 Å². The molecule has 0 radical (unpaired) electrons. The maximum Gasteiger partial charge on any atom is 0.134 e. The molecule has 0 spiro atoms. The molecule has 0 aromatic carbocycles. The van der Waals surface area contributed by atoms with Gasteiger partial charge in [0.05, 0.1) is 12.0 Å². The van der Waals surface area contributed by atoms with Crippen LogP contribution >= 0.6 is 0 Å². The van der Waals surface area contributed by atoms with Gasteiger partial charge in [-0.25, -0.2) is 0 Å². The van der Waals surface area contributed by atoms with Crippen LogP contribution in [0, 0.1) is 5.21 Å². The number of hydrogen-bond donors (Lipinski definition) is 2. The van der Waals surface area contributed by atoms with Gasteiger partial charge in [-0.1, -0.05) is 5.16 Å². The third kappa shape index (κ3) is 1.11. The van der Waals surface area contributed by atoms with E-state index in [-0.39, 0.29) is 10.6 Å². The van der Waals surface area contributed by atoms with Gasteiger partial charge in [0.25, 0.3) is 0 Å². The molecule has 1 rings (SSSR count). The Hall–Kier alpha value is -0.610. The summed E-state index contributed by atoms with van der Waals surface area (Å²) in [6, 6.07) is 0. The maximum absolute atomic E-state index is 11.7. The lowest BCUT2D eigenvalue weighted by Gasteiger charge is -2.39. The molecule has 70 valence electrons. The molecule has 1 fully saturated rings. The van der Waals surface area contributed by atoms with Crippen LogP contribution in [0.1, 0.15) is 34.1 Å². The Morgan fingerprint density at radius 3 is 2.08 bits per heavy atom. The first kappa shape index (κ1) is 9.48. The molecule has 0 saturated carbocycles. The fraction of sp³-hybridized carbons (Fsp3) is 0.875. The Morgan fingerprint density at radius 1 is 1.42 bits per heavy atom. The summed E-state index contributed by atoms with van der Waals surface area (Å²) in [5.74, 6) is 0. The van der Waals surface area contributed by atoms with Crippen molar-refractivity contribution in [2.24, 2.45) is 5.16 Å². The summed E-state index contributed by atoms with van der Waals surface area (Å²) in [5.41, 5.74) is -0.360. The van der Waals surface area contributed by atoms with E-state index in [9.17, 15) is 5.21 Å². The van der Waals surface area contributed by atoms with Gasteiger partial charge >= 0.3 is 0 Å². The predicted molar refractivity (Wildman–Crippen MR) is 46.3 cm³/mol. The number of quaternary nitrogens is 1. The van der Waals surface area contributed by atoms with Crippen molar-refractivity contribution in [2.75, 3.05) is 0 Å². The lowest BCUT2D eigenvalue weighted by molar-refractivity contribution is -0.926. The summed E-state index contributed by atoms with van der Waals surface area (Å²) in [5, 5.41) is 23.8. The SMILES string of the molecule is CC1(C)CC(=NO)C(C)(C)[NH+]1[O-]. The largest absolute Gasteiger partial charge is 0.633 e. The quantitative estimate of drug-likeness (QED) is 0.310. The van der Waals surface area contributed by atoms with Crippen LogP contribution in [0.5, 0.6) is 0 Å². The van der Waals surface area contributed by atoms with E-state index >= 15 is 0 Å². The zero-order valence-corrected chi connectivity index (χ0v) is 8.01. The maximum atomic E-state index is 11.7. The minimum absolute atomic E-state index is 0.155. The molecule has 0 amide bonds. The van der Waals surface area contributed by atoms with Gasteiger partial charge in [0.15, 0.2) is 0 Å². The van der Waals surface area contributed by atoms with Crippen LogP contribution in [0.15, 0.2) is 5.16 Å². The lowest BCUT2D eigenvalue weighted by Crippen LogP contribution is -3.19. The van der Waals surface area contributed by atoms with Gasteiger partial charge < -0.3 is 15.5 Å². The van der Waals surface area contributed by atoms with Gasteiger partial charge in [-0.3, -0.25) is 0 Å². The van der Waals surface area contributed by atoms with Crippen molar-refractivity contribution in [3.63, 3.8) is 0 Å². The molecular weight excluding hydrogens is 156 g/mol. The normalized spacial score (nSPS) is 35.8. The highest BCUT2D eigenvalue weighted by Gasteiger charge is 2.50. The highest BCUT2D eigenvalue weighted by atomic mass is 16.5.